The van der Waals surface area contributed by atoms with E-state index in [4.69, 9.17) is 0 Å². The first-order valence-electron chi connectivity index (χ1n) is 7.00. The third-order valence-electron chi connectivity index (χ3n) is 4.59. The molecule has 2 aliphatic rings. The SMILES string of the molecule is [O]C(=O)C(C1CCCCC1)C1CCCCC1. The van der Waals surface area contributed by atoms with Crippen LogP contribution in [0.15, 0.2) is 0 Å². The summed E-state index contributed by atoms with van der Waals surface area (Å²) in [5.74, 6) is -0.0666. The highest BCUT2D eigenvalue weighted by Gasteiger charge is 2.37. The Bertz CT molecular complexity index is 207. The van der Waals surface area contributed by atoms with Gasteiger partial charge in [0.2, 0.25) is 0 Å². The maximum absolute atomic E-state index is 11.4. The Morgan fingerprint density at radius 1 is 0.750 bits per heavy atom. The van der Waals surface area contributed by atoms with Gasteiger partial charge in [-0.3, -0.25) is 0 Å². The van der Waals surface area contributed by atoms with Gasteiger partial charge in [0, 0.05) is 0 Å². The summed E-state index contributed by atoms with van der Waals surface area (Å²) >= 11 is 0. The van der Waals surface area contributed by atoms with Gasteiger partial charge in [-0.2, -0.15) is 0 Å². The van der Waals surface area contributed by atoms with Gasteiger partial charge in [0.15, 0.2) is 0 Å². The molecule has 0 heterocycles. The van der Waals surface area contributed by atoms with Crippen molar-refractivity contribution in [3.8, 4) is 0 Å². The first kappa shape index (κ1) is 11.9. The molecule has 0 saturated heterocycles. The molecule has 0 N–H and O–H groups in total. The van der Waals surface area contributed by atoms with E-state index in [1.165, 1.54) is 38.5 Å². The lowest BCUT2D eigenvalue weighted by molar-refractivity contribution is -0.153. The molecule has 0 bridgehead atoms. The first-order valence-corrected chi connectivity index (χ1v) is 7.00. The van der Waals surface area contributed by atoms with Crippen molar-refractivity contribution in [2.45, 2.75) is 64.2 Å². The molecule has 0 atom stereocenters. The molecule has 0 aromatic rings. The third kappa shape index (κ3) is 2.78. The quantitative estimate of drug-likeness (QED) is 0.718. The van der Waals surface area contributed by atoms with E-state index in [1.54, 1.807) is 0 Å². The molecule has 0 aromatic heterocycles. The lowest BCUT2D eigenvalue weighted by Crippen LogP contribution is -2.32. The Morgan fingerprint density at radius 3 is 1.44 bits per heavy atom. The van der Waals surface area contributed by atoms with Gasteiger partial charge in [-0.1, -0.05) is 38.5 Å². The maximum atomic E-state index is 11.4. The van der Waals surface area contributed by atoms with E-state index in [9.17, 15) is 9.90 Å². The van der Waals surface area contributed by atoms with Crippen LogP contribution < -0.4 is 0 Å². The number of hydrogen-bond donors (Lipinski definition) is 0. The van der Waals surface area contributed by atoms with E-state index < -0.39 is 5.97 Å². The second kappa shape index (κ2) is 5.70. The lowest BCUT2D eigenvalue weighted by Gasteiger charge is -2.34. The predicted molar refractivity (Wildman–Crippen MR) is 62.3 cm³/mol. The number of carbonyl (C=O) groups excluding carboxylic acids is 1. The van der Waals surface area contributed by atoms with Gasteiger partial charge >= 0.3 is 5.97 Å². The Balaban J connectivity index is 1.99. The minimum absolute atomic E-state index is 0.138. The van der Waals surface area contributed by atoms with Gasteiger partial charge in [0.1, 0.15) is 0 Å². The molecular weight excluding hydrogens is 200 g/mol. The molecule has 16 heavy (non-hydrogen) atoms. The highest BCUT2D eigenvalue weighted by atomic mass is 16.4. The number of rotatable bonds is 3. The minimum atomic E-state index is -0.765. The molecule has 2 saturated carbocycles. The van der Waals surface area contributed by atoms with E-state index in [0.29, 0.717) is 11.8 Å². The standard InChI is InChI=1S/C14H23O2/c15-14(16)13(11-7-3-1-4-8-11)12-9-5-2-6-10-12/h11-13H,1-10H2. The van der Waals surface area contributed by atoms with Gasteiger partial charge in [0.05, 0.1) is 5.92 Å². The Hall–Kier alpha value is -0.530. The van der Waals surface area contributed by atoms with Crippen LogP contribution in [0.5, 0.6) is 0 Å². The third-order valence-corrected chi connectivity index (χ3v) is 4.59. The van der Waals surface area contributed by atoms with Crippen molar-refractivity contribution in [1.82, 2.24) is 0 Å². The fraction of sp³-hybridized carbons (Fsp3) is 0.929. The monoisotopic (exact) mass is 223 g/mol. The van der Waals surface area contributed by atoms with Crippen molar-refractivity contribution in [1.29, 1.82) is 0 Å². The van der Waals surface area contributed by atoms with Crippen LogP contribution in [0.3, 0.4) is 0 Å². The fourth-order valence-corrected chi connectivity index (χ4v) is 3.76. The summed E-state index contributed by atoms with van der Waals surface area (Å²) in [7, 11) is 0. The molecule has 2 nitrogen and oxygen atoms in total. The largest absolute Gasteiger partial charge is 0.359 e. The highest BCUT2D eigenvalue weighted by molar-refractivity contribution is 5.70. The summed E-state index contributed by atoms with van der Waals surface area (Å²) in [6, 6.07) is 0. The zero-order valence-corrected chi connectivity index (χ0v) is 10.1. The Labute approximate surface area is 98.4 Å². The second-order valence-corrected chi connectivity index (χ2v) is 5.64. The minimum Gasteiger partial charge on any atom is -0.247 e. The summed E-state index contributed by atoms with van der Waals surface area (Å²) in [5, 5.41) is 11.4. The van der Waals surface area contributed by atoms with Crippen LogP contribution in [0.1, 0.15) is 64.2 Å². The van der Waals surface area contributed by atoms with Gasteiger partial charge in [-0.25, -0.2) is 9.90 Å². The highest BCUT2D eigenvalue weighted by Crippen LogP contribution is 2.40. The molecule has 0 aromatic carbocycles. The van der Waals surface area contributed by atoms with Crippen LogP contribution in [-0.2, 0) is 9.90 Å². The average Bonchev–Trinajstić information content (AvgIpc) is 2.31. The molecule has 0 amide bonds. The van der Waals surface area contributed by atoms with Crippen LogP contribution in [0.25, 0.3) is 0 Å². The molecule has 0 aliphatic heterocycles. The summed E-state index contributed by atoms with van der Waals surface area (Å²) < 4.78 is 0. The predicted octanol–water partition coefficient (Wildman–Crippen LogP) is 3.72. The molecule has 0 unspecified atom stereocenters. The van der Waals surface area contributed by atoms with Crippen LogP contribution in [0, 0.1) is 17.8 Å². The number of carbonyl (C=O) groups is 1. The Kier molecular flexibility index (Phi) is 4.25. The molecule has 2 fully saturated rings. The van der Waals surface area contributed by atoms with Crippen LogP contribution in [0.4, 0.5) is 0 Å². The van der Waals surface area contributed by atoms with Gasteiger partial charge < -0.3 is 0 Å². The van der Waals surface area contributed by atoms with E-state index in [-0.39, 0.29) is 5.92 Å². The molecule has 2 rings (SSSR count). The smallest absolute Gasteiger partial charge is 0.247 e. The zero-order chi connectivity index (χ0) is 11.4. The lowest BCUT2D eigenvalue weighted by atomic mass is 9.70. The maximum Gasteiger partial charge on any atom is 0.359 e. The van der Waals surface area contributed by atoms with E-state index in [0.717, 1.165) is 25.7 Å². The zero-order valence-electron chi connectivity index (χ0n) is 10.1. The second-order valence-electron chi connectivity index (χ2n) is 5.64. The van der Waals surface area contributed by atoms with Crippen LogP contribution in [-0.4, -0.2) is 5.97 Å². The summed E-state index contributed by atoms with van der Waals surface area (Å²) in [5.41, 5.74) is 0. The molecule has 2 heteroatoms. The molecule has 0 spiro atoms. The van der Waals surface area contributed by atoms with Crippen molar-refractivity contribution in [2.75, 3.05) is 0 Å². The van der Waals surface area contributed by atoms with E-state index in [1.807, 2.05) is 0 Å². The van der Waals surface area contributed by atoms with Crippen LogP contribution >= 0.6 is 0 Å². The van der Waals surface area contributed by atoms with Crippen LogP contribution in [0.2, 0.25) is 0 Å². The molecule has 2 aliphatic carbocycles. The van der Waals surface area contributed by atoms with Gasteiger partial charge in [-0.15, -0.1) is 0 Å². The molecule has 1 radical (unpaired) electrons. The van der Waals surface area contributed by atoms with Gasteiger partial charge in [-0.05, 0) is 37.5 Å². The summed E-state index contributed by atoms with van der Waals surface area (Å²) in [6.07, 6.45) is 12.0. The Morgan fingerprint density at radius 2 is 1.12 bits per heavy atom. The summed E-state index contributed by atoms with van der Waals surface area (Å²) in [4.78, 5) is 11.4. The van der Waals surface area contributed by atoms with Crippen molar-refractivity contribution in [3.63, 3.8) is 0 Å². The van der Waals surface area contributed by atoms with Crippen molar-refractivity contribution < 1.29 is 9.90 Å². The first-order chi connectivity index (χ1) is 7.79. The average molecular weight is 223 g/mol. The van der Waals surface area contributed by atoms with E-state index >= 15 is 0 Å². The van der Waals surface area contributed by atoms with Crippen molar-refractivity contribution in [3.05, 3.63) is 0 Å². The van der Waals surface area contributed by atoms with Crippen molar-refractivity contribution in [2.24, 2.45) is 17.8 Å². The van der Waals surface area contributed by atoms with Gasteiger partial charge in [0.25, 0.3) is 0 Å². The molecule has 91 valence electrons. The van der Waals surface area contributed by atoms with E-state index in [2.05, 4.69) is 0 Å². The topological polar surface area (TPSA) is 37.0 Å². The number of hydrogen-bond acceptors (Lipinski definition) is 1. The normalized spacial score (nSPS) is 24.8. The summed E-state index contributed by atoms with van der Waals surface area (Å²) in [6.45, 7) is 0. The molecular formula is C14H23O2. The van der Waals surface area contributed by atoms with Crippen molar-refractivity contribution >= 4 is 5.97 Å². The fourth-order valence-electron chi connectivity index (χ4n) is 3.76.